The van der Waals surface area contributed by atoms with Crippen LogP contribution >= 0.6 is 0 Å². The number of benzene rings is 1. The molecule has 0 aliphatic heterocycles. The number of primary amides is 1. The van der Waals surface area contributed by atoms with Gasteiger partial charge >= 0.3 is 0 Å². The number of halogens is 2. The fraction of sp³-hybridized carbons (Fsp3) is 0.600. The molecule has 1 aromatic carbocycles. The smallest absolute Gasteiger partial charge is 0.249 e. The molecule has 0 radical (unpaired) electrons. The van der Waals surface area contributed by atoms with Gasteiger partial charge in [-0.15, -0.1) is 0 Å². The fourth-order valence-corrected chi connectivity index (χ4v) is 5.39. The Hall–Kier alpha value is -2.62. The van der Waals surface area contributed by atoms with E-state index in [0.29, 0.717) is 49.6 Å². The van der Waals surface area contributed by atoms with Crippen LogP contribution in [0.4, 0.5) is 8.78 Å². The second-order valence-electron chi connectivity index (χ2n) is 10.3. The van der Waals surface area contributed by atoms with Crippen LogP contribution in [0.2, 0.25) is 0 Å². The van der Waals surface area contributed by atoms with Gasteiger partial charge in [0.2, 0.25) is 11.8 Å². The number of aliphatic hydroxyl groups excluding tert-OH is 1. The molecule has 0 heterocycles. The number of allylic oxidation sites excluding steroid dienone is 2. The molecule has 2 amide bonds. The molecule has 4 N–H and O–H groups in total. The van der Waals surface area contributed by atoms with Crippen molar-refractivity contribution in [3.05, 3.63) is 58.7 Å². The molecule has 0 spiro atoms. The molecule has 0 saturated carbocycles. The van der Waals surface area contributed by atoms with E-state index in [9.17, 15) is 23.5 Å². The Labute approximate surface area is 231 Å². The van der Waals surface area contributed by atoms with Crippen molar-refractivity contribution in [3.63, 3.8) is 0 Å². The van der Waals surface area contributed by atoms with Crippen molar-refractivity contribution >= 4 is 11.8 Å². The van der Waals surface area contributed by atoms with Crippen LogP contribution in [-0.4, -0.2) is 67.3 Å². The van der Waals surface area contributed by atoms with Crippen molar-refractivity contribution < 1.29 is 28.2 Å². The number of nitrogens with zero attached hydrogens (tertiary/aromatic N) is 1. The molecule has 0 aromatic heterocycles. The Morgan fingerprint density at radius 3 is 2.36 bits per heavy atom. The van der Waals surface area contributed by atoms with Crippen molar-refractivity contribution in [2.45, 2.75) is 65.9 Å². The van der Waals surface area contributed by atoms with E-state index in [2.05, 4.69) is 5.32 Å². The highest BCUT2D eigenvalue weighted by Crippen LogP contribution is 2.44. The van der Waals surface area contributed by atoms with Crippen LogP contribution in [-0.2, 0) is 20.7 Å². The average Bonchev–Trinajstić information content (AvgIpc) is 2.87. The number of ether oxygens (including phenoxy) is 1. The van der Waals surface area contributed by atoms with Crippen LogP contribution in [0.1, 0.15) is 58.9 Å². The normalized spacial score (nSPS) is 18.7. The maximum Gasteiger partial charge on any atom is 0.249 e. The van der Waals surface area contributed by atoms with Crippen molar-refractivity contribution in [1.29, 1.82) is 0 Å². The molecule has 0 saturated heterocycles. The van der Waals surface area contributed by atoms with Crippen molar-refractivity contribution in [1.82, 2.24) is 10.2 Å². The van der Waals surface area contributed by atoms with E-state index in [1.54, 1.807) is 24.0 Å². The highest BCUT2D eigenvalue weighted by Gasteiger charge is 2.48. The fourth-order valence-electron chi connectivity index (χ4n) is 5.39. The van der Waals surface area contributed by atoms with Crippen molar-refractivity contribution in [3.8, 4) is 0 Å². The minimum Gasteiger partial charge on any atom is -0.391 e. The van der Waals surface area contributed by atoms with Gasteiger partial charge in [0.25, 0.3) is 0 Å². The van der Waals surface area contributed by atoms with E-state index >= 15 is 0 Å². The Kier molecular flexibility index (Phi) is 13.2. The van der Waals surface area contributed by atoms with E-state index in [1.165, 1.54) is 12.1 Å². The molecular formula is C30H45F2N3O4. The summed E-state index contributed by atoms with van der Waals surface area (Å²) >= 11 is 0. The number of aliphatic hydroxyl groups is 1. The first kappa shape index (κ1) is 32.6. The first-order chi connectivity index (χ1) is 18.6. The lowest BCUT2D eigenvalue weighted by Gasteiger charge is -2.42. The number of rotatable bonds is 17. The predicted octanol–water partition coefficient (Wildman–Crippen LogP) is 3.90. The lowest BCUT2D eigenvalue weighted by molar-refractivity contribution is -0.132. The predicted molar refractivity (Wildman–Crippen MR) is 149 cm³/mol. The van der Waals surface area contributed by atoms with Crippen LogP contribution in [0.3, 0.4) is 0 Å². The molecule has 1 unspecified atom stereocenters. The number of amides is 2. The highest BCUT2D eigenvalue weighted by atomic mass is 19.1. The third kappa shape index (κ3) is 9.22. The zero-order valence-electron chi connectivity index (χ0n) is 23.8. The van der Waals surface area contributed by atoms with Crippen molar-refractivity contribution in [2.75, 3.05) is 39.4 Å². The van der Waals surface area contributed by atoms with Crippen molar-refractivity contribution in [2.24, 2.45) is 17.1 Å². The Morgan fingerprint density at radius 2 is 1.79 bits per heavy atom. The number of hydrogen-bond donors (Lipinski definition) is 3. The number of carbonyl (C=O) groups excluding carboxylic acids is 2. The second kappa shape index (κ2) is 15.8. The third-order valence-corrected chi connectivity index (χ3v) is 7.08. The van der Waals surface area contributed by atoms with Gasteiger partial charge in [0.1, 0.15) is 11.6 Å². The highest BCUT2D eigenvalue weighted by molar-refractivity contribution is 5.96. The van der Waals surface area contributed by atoms with Crippen LogP contribution in [0.15, 0.2) is 41.5 Å². The second-order valence-corrected chi connectivity index (χ2v) is 10.3. The van der Waals surface area contributed by atoms with Gasteiger partial charge in [-0.1, -0.05) is 31.6 Å². The van der Waals surface area contributed by atoms with E-state index in [4.69, 9.17) is 10.5 Å². The van der Waals surface area contributed by atoms with Gasteiger partial charge in [0.05, 0.1) is 11.5 Å². The Morgan fingerprint density at radius 1 is 1.15 bits per heavy atom. The van der Waals surface area contributed by atoms with Gasteiger partial charge in [0.15, 0.2) is 0 Å². The summed E-state index contributed by atoms with van der Waals surface area (Å²) in [5.41, 5.74) is 6.00. The SMILES string of the molecule is CCCN(CCC)C(=O)C1=CC(C)=CC(C(N)=O)([C@H](Cc2cc(F)cc(F)c2)[C@@H](O)CNCCCOCC)C1. The van der Waals surface area contributed by atoms with Gasteiger partial charge in [-0.05, 0) is 70.2 Å². The number of hydrogen-bond acceptors (Lipinski definition) is 5. The van der Waals surface area contributed by atoms with Gasteiger partial charge in [0, 0.05) is 50.4 Å². The lowest BCUT2D eigenvalue weighted by atomic mass is 9.63. The van der Waals surface area contributed by atoms with E-state index in [1.807, 2.05) is 20.8 Å². The van der Waals surface area contributed by atoms with E-state index in [0.717, 1.165) is 25.3 Å². The topological polar surface area (TPSA) is 105 Å². The number of carbonyl (C=O) groups is 2. The molecule has 0 fully saturated rings. The van der Waals surface area contributed by atoms with Crippen LogP contribution in [0.5, 0.6) is 0 Å². The molecule has 1 aliphatic rings. The average molecular weight is 550 g/mol. The molecule has 0 bridgehead atoms. The minimum absolute atomic E-state index is 0.00764. The summed E-state index contributed by atoms with van der Waals surface area (Å²) in [5.74, 6) is -3.22. The summed E-state index contributed by atoms with van der Waals surface area (Å²) in [6.07, 6.45) is 4.65. The molecule has 9 heteroatoms. The monoisotopic (exact) mass is 549 g/mol. The summed E-state index contributed by atoms with van der Waals surface area (Å²) in [6, 6.07) is 3.16. The summed E-state index contributed by atoms with van der Waals surface area (Å²) in [5, 5.41) is 14.6. The van der Waals surface area contributed by atoms with Gasteiger partial charge in [-0.3, -0.25) is 9.59 Å². The number of nitrogens with two attached hydrogens (primary N) is 1. The maximum atomic E-state index is 14.1. The van der Waals surface area contributed by atoms with Gasteiger partial charge in [-0.2, -0.15) is 0 Å². The molecule has 218 valence electrons. The molecule has 1 aliphatic carbocycles. The van der Waals surface area contributed by atoms with E-state index < -0.39 is 35.0 Å². The third-order valence-electron chi connectivity index (χ3n) is 7.08. The summed E-state index contributed by atoms with van der Waals surface area (Å²) < 4.78 is 33.5. The molecule has 1 aromatic rings. The van der Waals surface area contributed by atoms with Crippen LogP contribution < -0.4 is 11.1 Å². The summed E-state index contributed by atoms with van der Waals surface area (Å²) in [4.78, 5) is 28.6. The first-order valence-corrected chi connectivity index (χ1v) is 14.0. The van der Waals surface area contributed by atoms with E-state index in [-0.39, 0.29) is 25.3 Å². The largest absolute Gasteiger partial charge is 0.391 e. The van der Waals surface area contributed by atoms with Crippen LogP contribution in [0, 0.1) is 23.0 Å². The van der Waals surface area contributed by atoms with Gasteiger partial charge in [-0.25, -0.2) is 8.78 Å². The van der Waals surface area contributed by atoms with Crippen LogP contribution in [0.25, 0.3) is 0 Å². The molecule has 7 nitrogen and oxygen atoms in total. The molecular weight excluding hydrogens is 504 g/mol. The molecule has 3 atom stereocenters. The summed E-state index contributed by atoms with van der Waals surface area (Å²) in [6.45, 7) is 10.7. The number of nitrogens with one attached hydrogen (secondary N) is 1. The zero-order chi connectivity index (χ0) is 29.0. The minimum atomic E-state index is -1.44. The molecule has 39 heavy (non-hydrogen) atoms. The first-order valence-electron chi connectivity index (χ1n) is 14.0. The Balaban J connectivity index is 2.45. The quantitative estimate of drug-likeness (QED) is 0.256. The standard InChI is InChI=1S/C30H45F2N3O4/c1-5-10-35(11-6-2)28(37)23-13-21(4)18-30(19-23,29(33)38)26(16-22-14-24(31)17-25(32)15-22)27(36)20-34-9-8-12-39-7-3/h13-15,17-18,26-27,34,36H,5-12,16,19-20H2,1-4H3,(H2,33,38)/t26-,27+,30?/m1/s1. The maximum absolute atomic E-state index is 14.1. The zero-order valence-corrected chi connectivity index (χ0v) is 23.8. The molecule has 2 rings (SSSR count). The van der Waals surface area contributed by atoms with Gasteiger partial charge < -0.3 is 25.8 Å². The summed E-state index contributed by atoms with van der Waals surface area (Å²) in [7, 11) is 0. The Bertz CT molecular complexity index is 1000. The lowest BCUT2D eigenvalue weighted by Crippen LogP contribution is -2.52.